The summed E-state index contributed by atoms with van der Waals surface area (Å²) in [5.74, 6) is -0.719. The zero-order valence-electron chi connectivity index (χ0n) is 14.1. The van der Waals surface area contributed by atoms with Crippen molar-refractivity contribution in [1.29, 1.82) is 0 Å². The Morgan fingerprint density at radius 1 is 1.00 bits per heavy atom. The van der Waals surface area contributed by atoms with Gasteiger partial charge < -0.3 is 10.0 Å². The van der Waals surface area contributed by atoms with Crippen LogP contribution < -0.4 is 4.90 Å². The Bertz CT molecular complexity index is 706. The van der Waals surface area contributed by atoms with Gasteiger partial charge in [0.15, 0.2) is 0 Å². The van der Waals surface area contributed by atoms with Gasteiger partial charge in [0.05, 0.1) is 6.42 Å². The summed E-state index contributed by atoms with van der Waals surface area (Å²) in [6.45, 7) is 6.48. The summed E-state index contributed by atoms with van der Waals surface area (Å²) in [5.41, 5.74) is 5.00. The number of hydrogen-bond donors (Lipinski definition) is 1. The summed E-state index contributed by atoms with van der Waals surface area (Å²) >= 11 is 0. The van der Waals surface area contributed by atoms with Crippen LogP contribution in [0.4, 0.5) is 5.69 Å². The monoisotopic (exact) mass is 324 g/mol. The van der Waals surface area contributed by atoms with E-state index in [1.54, 1.807) is 0 Å². The molecule has 24 heavy (non-hydrogen) atoms. The van der Waals surface area contributed by atoms with Crippen molar-refractivity contribution < 1.29 is 9.90 Å². The van der Waals surface area contributed by atoms with Crippen LogP contribution in [-0.4, -0.2) is 48.7 Å². The van der Waals surface area contributed by atoms with E-state index in [-0.39, 0.29) is 6.42 Å². The Hall–Kier alpha value is -2.33. The van der Waals surface area contributed by atoms with Crippen LogP contribution in [0.25, 0.3) is 11.1 Å². The molecule has 0 aromatic heterocycles. The van der Waals surface area contributed by atoms with E-state index >= 15 is 0 Å². The number of anilines is 1. The standard InChI is InChI=1S/C20H24N2O2/c1-16-4-2-5-17(14-16)18-6-3-7-19(15-18)22-12-10-21(11-13-22)9-8-20(23)24/h2-7,14-15H,8-13H2,1H3,(H,23,24). The number of rotatable bonds is 5. The molecular formula is C20H24N2O2. The van der Waals surface area contributed by atoms with Gasteiger partial charge in [-0.3, -0.25) is 9.69 Å². The highest BCUT2D eigenvalue weighted by molar-refractivity contribution is 5.69. The molecule has 0 saturated carbocycles. The lowest BCUT2D eigenvalue weighted by molar-refractivity contribution is -0.137. The maximum atomic E-state index is 10.7. The van der Waals surface area contributed by atoms with Gasteiger partial charge in [-0.1, -0.05) is 42.0 Å². The van der Waals surface area contributed by atoms with Gasteiger partial charge in [0.25, 0.3) is 0 Å². The number of aryl methyl sites for hydroxylation is 1. The van der Waals surface area contributed by atoms with E-state index in [4.69, 9.17) is 5.11 Å². The zero-order chi connectivity index (χ0) is 16.9. The summed E-state index contributed by atoms with van der Waals surface area (Å²) in [6.07, 6.45) is 0.225. The lowest BCUT2D eigenvalue weighted by Crippen LogP contribution is -2.46. The first kappa shape index (κ1) is 16.5. The fourth-order valence-electron chi connectivity index (χ4n) is 3.19. The SMILES string of the molecule is Cc1cccc(-c2cccc(N3CCN(CCC(=O)O)CC3)c2)c1. The number of benzene rings is 2. The van der Waals surface area contributed by atoms with Gasteiger partial charge in [-0.2, -0.15) is 0 Å². The quantitative estimate of drug-likeness (QED) is 0.917. The minimum atomic E-state index is -0.719. The highest BCUT2D eigenvalue weighted by Gasteiger charge is 2.18. The van der Waals surface area contributed by atoms with Gasteiger partial charge >= 0.3 is 5.97 Å². The van der Waals surface area contributed by atoms with Crippen LogP contribution in [0, 0.1) is 6.92 Å². The highest BCUT2D eigenvalue weighted by Crippen LogP contribution is 2.26. The predicted octanol–water partition coefficient (Wildman–Crippen LogP) is 3.26. The molecule has 1 fully saturated rings. The van der Waals surface area contributed by atoms with Crippen LogP contribution in [-0.2, 0) is 4.79 Å². The minimum Gasteiger partial charge on any atom is -0.481 e. The molecule has 0 atom stereocenters. The van der Waals surface area contributed by atoms with Crippen molar-refractivity contribution in [2.24, 2.45) is 0 Å². The summed E-state index contributed by atoms with van der Waals surface area (Å²) < 4.78 is 0. The van der Waals surface area contributed by atoms with E-state index in [0.29, 0.717) is 6.54 Å². The van der Waals surface area contributed by atoms with Crippen molar-refractivity contribution in [3.8, 4) is 11.1 Å². The molecule has 1 aliphatic rings. The number of hydrogen-bond acceptors (Lipinski definition) is 3. The van der Waals surface area contributed by atoms with Crippen molar-refractivity contribution in [3.05, 3.63) is 54.1 Å². The van der Waals surface area contributed by atoms with Crippen LogP contribution in [0.5, 0.6) is 0 Å². The van der Waals surface area contributed by atoms with E-state index in [1.807, 2.05) is 0 Å². The summed E-state index contributed by atoms with van der Waals surface area (Å²) in [6, 6.07) is 17.3. The van der Waals surface area contributed by atoms with E-state index in [9.17, 15) is 4.79 Å². The molecule has 4 nitrogen and oxygen atoms in total. The normalized spacial score (nSPS) is 15.5. The van der Waals surface area contributed by atoms with Crippen molar-refractivity contribution in [3.63, 3.8) is 0 Å². The number of aliphatic carboxylic acids is 1. The van der Waals surface area contributed by atoms with Gasteiger partial charge in [-0.25, -0.2) is 0 Å². The molecule has 3 rings (SSSR count). The van der Waals surface area contributed by atoms with Crippen molar-refractivity contribution in [2.45, 2.75) is 13.3 Å². The first-order valence-corrected chi connectivity index (χ1v) is 8.48. The van der Waals surface area contributed by atoms with E-state index in [1.165, 1.54) is 22.4 Å². The molecule has 1 heterocycles. The van der Waals surface area contributed by atoms with Gasteiger partial charge in [-0.15, -0.1) is 0 Å². The molecular weight excluding hydrogens is 300 g/mol. The van der Waals surface area contributed by atoms with Crippen LogP contribution >= 0.6 is 0 Å². The topological polar surface area (TPSA) is 43.8 Å². The van der Waals surface area contributed by atoms with Crippen molar-refractivity contribution in [1.82, 2.24) is 4.90 Å². The largest absolute Gasteiger partial charge is 0.481 e. The molecule has 0 unspecified atom stereocenters. The average molecular weight is 324 g/mol. The lowest BCUT2D eigenvalue weighted by Gasteiger charge is -2.36. The van der Waals surface area contributed by atoms with Gasteiger partial charge in [0, 0.05) is 38.4 Å². The second-order valence-electron chi connectivity index (χ2n) is 6.39. The number of carboxylic acid groups (broad SMARTS) is 1. The Labute approximate surface area is 143 Å². The van der Waals surface area contributed by atoms with Gasteiger partial charge in [0.1, 0.15) is 0 Å². The smallest absolute Gasteiger partial charge is 0.304 e. The van der Waals surface area contributed by atoms with E-state index in [0.717, 1.165) is 26.2 Å². The zero-order valence-corrected chi connectivity index (χ0v) is 14.1. The van der Waals surface area contributed by atoms with Crippen LogP contribution in [0.15, 0.2) is 48.5 Å². The Kier molecular flexibility index (Phi) is 5.16. The van der Waals surface area contributed by atoms with Crippen LogP contribution in [0.3, 0.4) is 0 Å². The summed E-state index contributed by atoms with van der Waals surface area (Å²) in [5, 5.41) is 8.80. The van der Waals surface area contributed by atoms with Crippen LogP contribution in [0.2, 0.25) is 0 Å². The second kappa shape index (κ2) is 7.49. The molecule has 1 N–H and O–H groups in total. The third-order valence-electron chi connectivity index (χ3n) is 4.58. The Balaban J connectivity index is 1.66. The first-order valence-electron chi connectivity index (χ1n) is 8.48. The molecule has 0 bridgehead atoms. The maximum Gasteiger partial charge on any atom is 0.304 e. The summed E-state index contributed by atoms with van der Waals surface area (Å²) in [4.78, 5) is 15.3. The lowest BCUT2D eigenvalue weighted by atomic mass is 10.0. The molecule has 2 aromatic carbocycles. The maximum absolute atomic E-state index is 10.7. The summed E-state index contributed by atoms with van der Waals surface area (Å²) in [7, 11) is 0. The number of carboxylic acids is 1. The molecule has 0 spiro atoms. The number of nitrogens with zero attached hydrogens (tertiary/aromatic N) is 2. The van der Waals surface area contributed by atoms with Gasteiger partial charge in [-0.05, 0) is 30.2 Å². The fourth-order valence-corrected chi connectivity index (χ4v) is 3.19. The molecule has 2 aromatic rings. The van der Waals surface area contributed by atoms with E-state index < -0.39 is 5.97 Å². The molecule has 126 valence electrons. The van der Waals surface area contributed by atoms with Crippen molar-refractivity contribution in [2.75, 3.05) is 37.6 Å². The number of carbonyl (C=O) groups is 1. The molecule has 4 heteroatoms. The third kappa shape index (κ3) is 4.15. The average Bonchev–Trinajstić information content (AvgIpc) is 2.60. The Morgan fingerprint density at radius 2 is 1.67 bits per heavy atom. The number of piperazine rings is 1. The van der Waals surface area contributed by atoms with Crippen LogP contribution in [0.1, 0.15) is 12.0 Å². The molecule has 1 saturated heterocycles. The third-order valence-corrected chi connectivity index (χ3v) is 4.58. The predicted molar refractivity (Wildman–Crippen MR) is 97.5 cm³/mol. The molecule has 0 amide bonds. The molecule has 0 radical (unpaired) electrons. The molecule has 1 aliphatic heterocycles. The Morgan fingerprint density at radius 3 is 2.33 bits per heavy atom. The van der Waals surface area contributed by atoms with E-state index in [2.05, 4.69) is 65.3 Å². The highest BCUT2D eigenvalue weighted by atomic mass is 16.4. The van der Waals surface area contributed by atoms with Gasteiger partial charge in [0.2, 0.25) is 0 Å². The fraction of sp³-hybridized carbons (Fsp3) is 0.350. The van der Waals surface area contributed by atoms with Crippen molar-refractivity contribution >= 4 is 11.7 Å². The second-order valence-corrected chi connectivity index (χ2v) is 6.39. The minimum absolute atomic E-state index is 0.225. The molecule has 0 aliphatic carbocycles. The first-order chi connectivity index (χ1) is 11.6.